The van der Waals surface area contributed by atoms with E-state index in [0.717, 1.165) is 23.5 Å². The van der Waals surface area contributed by atoms with E-state index in [1.807, 2.05) is 0 Å². The maximum absolute atomic E-state index is 12.7. The molecule has 10 heteroatoms. The van der Waals surface area contributed by atoms with Crippen LogP contribution in [0.5, 0.6) is 0 Å². The normalized spacial score (nSPS) is 18.4. The highest BCUT2D eigenvalue weighted by Gasteiger charge is 2.37. The largest absolute Gasteiger partial charge is 0.416 e. The van der Waals surface area contributed by atoms with Gasteiger partial charge in [0.1, 0.15) is 4.38 Å². The highest BCUT2D eigenvalue weighted by Crippen LogP contribution is 2.45. The number of rotatable bonds is 1. The fourth-order valence-corrected chi connectivity index (χ4v) is 3.25. The number of aliphatic imine (C=N–C) groups is 1. The lowest BCUT2D eigenvalue weighted by Crippen LogP contribution is -2.12. The number of alkyl halides is 3. The van der Waals surface area contributed by atoms with E-state index in [1.165, 1.54) is 0 Å². The fraction of sp³-hybridized carbons (Fsp3) is 0.300. The van der Waals surface area contributed by atoms with Gasteiger partial charge in [0, 0.05) is 11.6 Å². The predicted molar refractivity (Wildman–Crippen MR) is 69.9 cm³/mol. The zero-order valence-electron chi connectivity index (χ0n) is 9.84. The van der Waals surface area contributed by atoms with Gasteiger partial charge in [-0.2, -0.15) is 13.2 Å². The first-order chi connectivity index (χ1) is 9.24. The highest BCUT2D eigenvalue weighted by molar-refractivity contribution is 8.38. The summed E-state index contributed by atoms with van der Waals surface area (Å²) in [7, 11) is 0. The van der Waals surface area contributed by atoms with Gasteiger partial charge in [0.15, 0.2) is 6.23 Å². The summed E-state index contributed by atoms with van der Waals surface area (Å²) in [5.41, 5.74) is -2.06. The van der Waals surface area contributed by atoms with Crippen molar-refractivity contribution >= 4 is 33.6 Å². The van der Waals surface area contributed by atoms with Gasteiger partial charge in [0.05, 0.1) is 15.4 Å². The molecule has 0 spiro atoms. The monoisotopic (exact) mass is 324 g/mol. The molecule has 0 aliphatic carbocycles. The van der Waals surface area contributed by atoms with E-state index < -0.39 is 28.6 Å². The second-order valence-corrected chi connectivity index (χ2v) is 5.80. The lowest BCUT2D eigenvalue weighted by Gasteiger charge is -2.20. The van der Waals surface area contributed by atoms with Crippen LogP contribution >= 0.6 is 23.5 Å². The topological polar surface area (TPSA) is 75.7 Å². The third-order valence-electron chi connectivity index (χ3n) is 2.49. The number of thioether (sulfide) groups is 2. The maximum Gasteiger partial charge on any atom is 0.416 e. The Morgan fingerprint density at radius 1 is 1.50 bits per heavy atom. The zero-order valence-corrected chi connectivity index (χ0v) is 11.5. The second kappa shape index (κ2) is 5.26. The molecule has 0 fully saturated rings. The van der Waals surface area contributed by atoms with Crippen molar-refractivity contribution in [2.45, 2.75) is 17.3 Å². The number of nitro groups is 1. The van der Waals surface area contributed by atoms with Crippen LogP contribution in [0.1, 0.15) is 17.4 Å². The second-order valence-electron chi connectivity index (χ2n) is 3.74. The molecular formula is C10H7F3N2O3S2. The van der Waals surface area contributed by atoms with E-state index >= 15 is 0 Å². The van der Waals surface area contributed by atoms with E-state index in [1.54, 1.807) is 6.26 Å². The van der Waals surface area contributed by atoms with Crippen molar-refractivity contribution in [3.63, 3.8) is 0 Å². The van der Waals surface area contributed by atoms with Gasteiger partial charge in [-0.25, -0.2) is 4.99 Å². The van der Waals surface area contributed by atoms with Gasteiger partial charge in [-0.1, -0.05) is 11.8 Å². The number of aliphatic hydroxyl groups is 1. The van der Waals surface area contributed by atoms with Crippen molar-refractivity contribution in [1.29, 1.82) is 0 Å². The summed E-state index contributed by atoms with van der Waals surface area (Å²) < 4.78 is 38.5. The number of halogens is 3. The van der Waals surface area contributed by atoms with Gasteiger partial charge in [-0.3, -0.25) is 10.1 Å². The Morgan fingerprint density at radius 3 is 2.65 bits per heavy atom. The van der Waals surface area contributed by atoms with Crippen molar-refractivity contribution in [3.05, 3.63) is 33.4 Å². The summed E-state index contributed by atoms with van der Waals surface area (Å²) in [6.45, 7) is 0. The minimum Gasteiger partial charge on any atom is -0.368 e. The SMILES string of the molecule is CSC1=NC(O)c2cc(C(F)(F)F)cc([N+](=O)[O-])c2S1. The van der Waals surface area contributed by atoms with Gasteiger partial charge in [-0.05, 0) is 12.3 Å². The fourth-order valence-electron chi connectivity index (χ4n) is 1.62. The molecule has 0 saturated heterocycles. The minimum absolute atomic E-state index is 0.00477. The van der Waals surface area contributed by atoms with Crippen LogP contribution in [-0.2, 0) is 6.18 Å². The van der Waals surface area contributed by atoms with Crippen molar-refractivity contribution in [2.75, 3.05) is 6.26 Å². The summed E-state index contributed by atoms with van der Waals surface area (Å²) in [4.78, 5) is 13.8. The number of hydrogen-bond donors (Lipinski definition) is 1. The van der Waals surface area contributed by atoms with Crippen molar-refractivity contribution in [1.82, 2.24) is 0 Å². The average molecular weight is 324 g/mol. The molecule has 0 saturated carbocycles. The molecule has 1 atom stereocenters. The molecule has 1 heterocycles. The number of benzene rings is 1. The van der Waals surface area contributed by atoms with Crippen molar-refractivity contribution in [2.24, 2.45) is 4.99 Å². The van der Waals surface area contributed by atoms with Crippen LogP contribution in [0, 0.1) is 10.1 Å². The van der Waals surface area contributed by atoms with Crippen LogP contribution < -0.4 is 0 Å². The zero-order chi connectivity index (χ0) is 15.1. The standard InChI is InChI=1S/C10H7F3N2O3S2/c1-19-9-14-8(16)5-2-4(10(11,12)13)3-6(15(17)18)7(5)20-9/h2-3,8,16H,1H3. The summed E-state index contributed by atoms with van der Waals surface area (Å²) in [5.74, 6) is 0. The molecule has 0 amide bonds. The lowest BCUT2D eigenvalue weighted by molar-refractivity contribution is -0.388. The number of hydrogen-bond acceptors (Lipinski definition) is 6. The van der Waals surface area contributed by atoms with Crippen LogP contribution in [0.4, 0.5) is 18.9 Å². The lowest BCUT2D eigenvalue weighted by atomic mass is 10.1. The third kappa shape index (κ3) is 2.76. The molecule has 1 N–H and O–H groups in total. The first-order valence-corrected chi connectivity index (χ1v) is 7.15. The third-order valence-corrected chi connectivity index (χ3v) is 4.63. The Hall–Kier alpha value is -1.26. The summed E-state index contributed by atoms with van der Waals surface area (Å²) in [6.07, 6.45) is -4.61. The van der Waals surface area contributed by atoms with Crippen LogP contribution in [-0.4, -0.2) is 20.7 Å². The van der Waals surface area contributed by atoms with Crippen LogP contribution in [0.3, 0.4) is 0 Å². The first kappa shape index (κ1) is 15.1. The first-order valence-electron chi connectivity index (χ1n) is 5.11. The minimum atomic E-state index is -4.73. The van der Waals surface area contributed by atoms with Gasteiger partial charge in [0.2, 0.25) is 0 Å². The molecule has 1 aliphatic rings. The predicted octanol–water partition coefficient (Wildman–Crippen LogP) is 3.43. The van der Waals surface area contributed by atoms with Crippen molar-refractivity contribution in [3.8, 4) is 0 Å². The summed E-state index contributed by atoms with van der Waals surface area (Å²) in [5, 5.41) is 20.7. The molecule has 20 heavy (non-hydrogen) atoms. The van der Waals surface area contributed by atoms with E-state index in [4.69, 9.17) is 0 Å². The molecule has 2 rings (SSSR count). The molecular weight excluding hydrogens is 317 g/mol. The molecule has 1 aliphatic heterocycles. The Morgan fingerprint density at radius 2 is 2.15 bits per heavy atom. The molecule has 5 nitrogen and oxygen atoms in total. The maximum atomic E-state index is 12.7. The van der Waals surface area contributed by atoms with Gasteiger partial charge < -0.3 is 5.11 Å². The van der Waals surface area contributed by atoms with E-state index in [2.05, 4.69) is 4.99 Å². The van der Waals surface area contributed by atoms with Crippen molar-refractivity contribution < 1.29 is 23.2 Å². The smallest absolute Gasteiger partial charge is 0.368 e. The summed E-state index contributed by atoms with van der Waals surface area (Å²) >= 11 is 2.03. The molecule has 0 radical (unpaired) electrons. The quantitative estimate of drug-likeness (QED) is 0.633. The van der Waals surface area contributed by atoms with E-state index in [9.17, 15) is 28.4 Å². The van der Waals surface area contributed by atoms with E-state index in [-0.39, 0.29) is 10.5 Å². The molecule has 1 unspecified atom stereocenters. The number of nitrogens with zero attached hydrogens (tertiary/aromatic N) is 2. The van der Waals surface area contributed by atoms with Crippen LogP contribution in [0.15, 0.2) is 22.0 Å². The molecule has 0 aromatic heterocycles. The van der Waals surface area contributed by atoms with Gasteiger partial charge in [0.25, 0.3) is 5.69 Å². The number of nitro benzene ring substituents is 1. The van der Waals surface area contributed by atoms with Gasteiger partial charge >= 0.3 is 6.18 Å². The Bertz CT molecular complexity index is 604. The summed E-state index contributed by atoms with van der Waals surface area (Å²) in [6, 6.07) is 1.17. The Balaban J connectivity index is 2.65. The molecule has 108 valence electrons. The molecule has 0 bridgehead atoms. The Kier molecular flexibility index (Phi) is 3.98. The number of aliphatic hydroxyl groups excluding tert-OH is 1. The number of fused-ring (bicyclic) bond motifs is 1. The van der Waals surface area contributed by atoms with Gasteiger partial charge in [-0.15, -0.1) is 11.8 Å². The average Bonchev–Trinajstić information content (AvgIpc) is 2.36. The van der Waals surface area contributed by atoms with Crippen LogP contribution in [0.2, 0.25) is 0 Å². The van der Waals surface area contributed by atoms with Crippen LogP contribution in [0.25, 0.3) is 0 Å². The molecule has 1 aromatic rings. The van der Waals surface area contributed by atoms with E-state index in [0.29, 0.717) is 16.5 Å². The Labute approximate surface area is 119 Å². The highest BCUT2D eigenvalue weighted by atomic mass is 32.2. The molecule has 1 aromatic carbocycles.